The summed E-state index contributed by atoms with van der Waals surface area (Å²) >= 11 is 0. The molecule has 0 N–H and O–H groups in total. The molecule has 2 aromatic carbocycles. The SMILES string of the molecule is Cc1cc(OCCn2nc(C(=O)[O-])c3ccccc3c2=O)ccc1C(C)C. The van der Waals surface area contributed by atoms with Gasteiger partial charge in [0, 0.05) is 5.39 Å². The van der Waals surface area contributed by atoms with Gasteiger partial charge in [-0.25, -0.2) is 4.68 Å². The summed E-state index contributed by atoms with van der Waals surface area (Å²) in [6.45, 7) is 6.63. The molecule has 27 heavy (non-hydrogen) atoms. The van der Waals surface area contributed by atoms with Crippen LogP contribution in [0.4, 0.5) is 0 Å². The molecule has 3 aromatic rings. The van der Waals surface area contributed by atoms with E-state index in [-0.39, 0.29) is 29.8 Å². The van der Waals surface area contributed by atoms with Gasteiger partial charge in [-0.15, -0.1) is 0 Å². The highest BCUT2D eigenvalue weighted by atomic mass is 16.5. The van der Waals surface area contributed by atoms with Gasteiger partial charge in [0.15, 0.2) is 0 Å². The summed E-state index contributed by atoms with van der Waals surface area (Å²) in [6.07, 6.45) is 0. The molecule has 0 radical (unpaired) electrons. The number of fused-ring (bicyclic) bond motifs is 1. The predicted octanol–water partition coefficient (Wildman–Crippen LogP) is 2.27. The largest absolute Gasteiger partial charge is 0.543 e. The number of hydrogen-bond donors (Lipinski definition) is 0. The summed E-state index contributed by atoms with van der Waals surface area (Å²) < 4.78 is 6.84. The molecular formula is C21H21N2O4-. The minimum absolute atomic E-state index is 0.134. The molecule has 140 valence electrons. The average molecular weight is 365 g/mol. The molecule has 3 rings (SSSR count). The molecular weight excluding hydrogens is 344 g/mol. The standard InChI is InChI=1S/C21H22N2O4/c1-13(2)16-9-8-15(12-14(16)3)27-11-10-23-20(24)18-7-5-4-6-17(18)19(22-23)21(25)26/h4-9,12-13H,10-11H2,1-3H3,(H,25,26)/p-1. The van der Waals surface area contributed by atoms with E-state index in [1.165, 1.54) is 5.56 Å². The molecule has 1 heterocycles. The summed E-state index contributed by atoms with van der Waals surface area (Å²) in [7, 11) is 0. The highest BCUT2D eigenvalue weighted by molar-refractivity contribution is 6.00. The third kappa shape index (κ3) is 3.84. The van der Waals surface area contributed by atoms with Crippen molar-refractivity contribution in [2.45, 2.75) is 33.2 Å². The minimum Gasteiger partial charge on any atom is -0.543 e. The molecule has 6 nitrogen and oxygen atoms in total. The van der Waals surface area contributed by atoms with E-state index in [4.69, 9.17) is 4.74 Å². The van der Waals surface area contributed by atoms with Crippen molar-refractivity contribution >= 4 is 16.7 Å². The van der Waals surface area contributed by atoms with Crippen LogP contribution in [0, 0.1) is 6.92 Å². The smallest absolute Gasteiger partial charge is 0.274 e. The number of carboxylic acid groups (broad SMARTS) is 1. The molecule has 1 aromatic heterocycles. The molecule has 0 saturated carbocycles. The lowest BCUT2D eigenvalue weighted by Crippen LogP contribution is -2.32. The van der Waals surface area contributed by atoms with Crippen LogP contribution in [0.15, 0.2) is 47.3 Å². The second-order valence-corrected chi connectivity index (χ2v) is 6.73. The maximum absolute atomic E-state index is 12.6. The Morgan fingerprint density at radius 1 is 1.19 bits per heavy atom. The van der Waals surface area contributed by atoms with Crippen molar-refractivity contribution in [2.24, 2.45) is 0 Å². The molecule has 0 aliphatic rings. The fourth-order valence-corrected chi connectivity index (χ4v) is 3.17. The van der Waals surface area contributed by atoms with Gasteiger partial charge in [0.1, 0.15) is 18.1 Å². The van der Waals surface area contributed by atoms with Crippen molar-refractivity contribution in [3.05, 3.63) is 69.6 Å². The van der Waals surface area contributed by atoms with Gasteiger partial charge in [-0.05, 0) is 42.2 Å². The third-order valence-electron chi connectivity index (χ3n) is 4.50. The molecule has 0 spiro atoms. The van der Waals surface area contributed by atoms with E-state index in [9.17, 15) is 14.7 Å². The average Bonchev–Trinajstić information content (AvgIpc) is 2.63. The van der Waals surface area contributed by atoms with E-state index in [1.807, 2.05) is 25.1 Å². The second-order valence-electron chi connectivity index (χ2n) is 6.73. The van der Waals surface area contributed by atoms with Crippen LogP contribution in [0.25, 0.3) is 10.8 Å². The maximum Gasteiger partial charge on any atom is 0.274 e. The van der Waals surface area contributed by atoms with Crippen LogP contribution in [0.5, 0.6) is 5.75 Å². The van der Waals surface area contributed by atoms with Crippen LogP contribution in [-0.2, 0) is 6.54 Å². The fraction of sp³-hybridized carbons (Fsp3) is 0.286. The van der Waals surface area contributed by atoms with Crippen LogP contribution >= 0.6 is 0 Å². The number of benzene rings is 2. The van der Waals surface area contributed by atoms with E-state index < -0.39 is 5.97 Å². The van der Waals surface area contributed by atoms with E-state index in [2.05, 4.69) is 18.9 Å². The van der Waals surface area contributed by atoms with E-state index in [0.29, 0.717) is 17.1 Å². The molecule has 0 aliphatic heterocycles. The first kappa shape index (κ1) is 18.6. The van der Waals surface area contributed by atoms with Crippen LogP contribution in [-0.4, -0.2) is 22.4 Å². The molecule has 0 amide bonds. The third-order valence-corrected chi connectivity index (χ3v) is 4.50. The summed E-state index contributed by atoms with van der Waals surface area (Å²) in [5, 5.41) is 15.9. The van der Waals surface area contributed by atoms with E-state index >= 15 is 0 Å². The number of carbonyl (C=O) groups excluding carboxylic acids is 1. The molecule has 0 unspecified atom stereocenters. The number of carboxylic acids is 1. The van der Waals surface area contributed by atoms with Crippen LogP contribution in [0.2, 0.25) is 0 Å². The first-order valence-corrected chi connectivity index (χ1v) is 8.83. The zero-order chi connectivity index (χ0) is 19.6. The van der Waals surface area contributed by atoms with Crippen LogP contribution in [0.1, 0.15) is 41.4 Å². The van der Waals surface area contributed by atoms with Gasteiger partial charge in [-0.3, -0.25) is 4.79 Å². The number of carbonyl (C=O) groups is 1. The first-order chi connectivity index (χ1) is 12.9. The Morgan fingerprint density at radius 2 is 1.89 bits per heavy atom. The Labute approximate surface area is 157 Å². The molecule has 0 atom stereocenters. The fourth-order valence-electron chi connectivity index (χ4n) is 3.17. The summed E-state index contributed by atoms with van der Waals surface area (Å²) in [5.41, 5.74) is 1.80. The number of aromatic nitrogens is 2. The van der Waals surface area contributed by atoms with E-state index in [0.717, 1.165) is 10.2 Å². The van der Waals surface area contributed by atoms with Crippen LogP contribution in [0.3, 0.4) is 0 Å². The Morgan fingerprint density at radius 3 is 2.52 bits per heavy atom. The van der Waals surface area contributed by atoms with Gasteiger partial charge >= 0.3 is 0 Å². The van der Waals surface area contributed by atoms with Crippen molar-refractivity contribution in [3.8, 4) is 5.75 Å². The number of hydrogen-bond acceptors (Lipinski definition) is 5. The topological polar surface area (TPSA) is 84.2 Å². The quantitative estimate of drug-likeness (QED) is 0.669. The number of ether oxygens (including phenoxy) is 1. The first-order valence-electron chi connectivity index (χ1n) is 8.83. The summed E-state index contributed by atoms with van der Waals surface area (Å²) in [6, 6.07) is 12.4. The predicted molar refractivity (Wildman–Crippen MR) is 101 cm³/mol. The Bertz CT molecular complexity index is 1050. The summed E-state index contributed by atoms with van der Waals surface area (Å²) in [5.74, 6) is -0.283. The normalized spacial score (nSPS) is 11.1. The highest BCUT2D eigenvalue weighted by Gasteiger charge is 2.11. The van der Waals surface area contributed by atoms with E-state index in [1.54, 1.807) is 24.3 Å². The van der Waals surface area contributed by atoms with Gasteiger partial charge in [-0.1, -0.05) is 38.1 Å². The number of aryl methyl sites for hydroxylation is 1. The van der Waals surface area contributed by atoms with Crippen LogP contribution < -0.4 is 15.4 Å². The Kier molecular flexibility index (Phi) is 5.26. The van der Waals surface area contributed by atoms with Gasteiger partial charge in [0.2, 0.25) is 0 Å². The lowest BCUT2D eigenvalue weighted by molar-refractivity contribution is -0.255. The Hall–Kier alpha value is -3.15. The summed E-state index contributed by atoms with van der Waals surface area (Å²) in [4.78, 5) is 23.9. The molecule has 0 saturated heterocycles. The molecule has 0 fully saturated rings. The number of aromatic carboxylic acids is 1. The maximum atomic E-state index is 12.6. The highest BCUT2D eigenvalue weighted by Crippen LogP contribution is 2.23. The zero-order valence-electron chi connectivity index (χ0n) is 15.6. The van der Waals surface area contributed by atoms with Crippen molar-refractivity contribution in [3.63, 3.8) is 0 Å². The minimum atomic E-state index is -1.42. The van der Waals surface area contributed by atoms with Crippen molar-refractivity contribution in [1.82, 2.24) is 9.78 Å². The monoisotopic (exact) mass is 365 g/mol. The zero-order valence-corrected chi connectivity index (χ0v) is 15.6. The van der Waals surface area contributed by atoms with Crippen molar-refractivity contribution in [1.29, 1.82) is 0 Å². The van der Waals surface area contributed by atoms with Crippen molar-refractivity contribution < 1.29 is 14.6 Å². The van der Waals surface area contributed by atoms with Gasteiger partial charge in [0.25, 0.3) is 5.56 Å². The molecule has 6 heteroatoms. The van der Waals surface area contributed by atoms with Gasteiger partial charge < -0.3 is 14.6 Å². The lowest BCUT2D eigenvalue weighted by atomic mass is 9.98. The number of rotatable bonds is 6. The van der Waals surface area contributed by atoms with Crippen molar-refractivity contribution in [2.75, 3.05) is 6.61 Å². The van der Waals surface area contributed by atoms with Gasteiger partial charge in [-0.2, -0.15) is 5.10 Å². The second kappa shape index (κ2) is 7.61. The molecule has 0 aliphatic carbocycles. The number of nitrogens with zero attached hydrogens (tertiary/aromatic N) is 2. The lowest BCUT2D eigenvalue weighted by Gasteiger charge is -2.14. The van der Waals surface area contributed by atoms with Gasteiger partial charge in [0.05, 0.1) is 17.9 Å². The molecule has 0 bridgehead atoms. The Balaban J connectivity index is 1.81.